The third kappa shape index (κ3) is 27.2. The lowest BCUT2D eigenvalue weighted by Gasteiger charge is -2.19. The number of hydrogen-bond acceptors (Lipinski definition) is 22. The number of ether oxygens (including phenoxy) is 12. The van der Waals surface area contributed by atoms with Gasteiger partial charge in [-0.2, -0.15) is 0 Å². The van der Waals surface area contributed by atoms with Crippen molar-refractivity contribution >= 4 is 91.6 Å². The molecule has 0 saturated heterocycles. The highest BCUT2D eigenvalue weighted by molar-refractivity contribution is 6.22. The highest BCUT2D eigenvalue weighted by Gasteiger charge is 2.32. The summed E-state index contributed by atoms with van der Waals surface area (Å²) in [6.07, 6.45) is -2.41. The number of carbonyl (C=O) groups excluding carboxylic acids is 8. The number of hydrogen-bond donors (Lipinski definition) is 10. The Bertz CT molecular complexity index is 5510. The molecule has 32 heteroatoms. The molecule has 0 unspecified atom stereocenters. The van der Waals surface area contributed by atoms with Crippen LogP contribution in [0.4, 0.5) is 19.2 Å². The molecule has 10 aromatic rings. The van der Waals surface area contributed by atoms with E-state index in [1.165, 1.54) is 0 Å². The number of amides is 8. The topological polar surface area (TPSA) is 401 Å². The lowest BCUT2D eigenvalue weighted by molar-refractivity contribution is 0.0226. The maximum atomic E-state index is 14.3. The summed E-state index contributed by atoms with van der Waals surface area (Å²) in [5.74, 6) is -1.37. The summed E-state index contributed by atoms with van der Waals surface area (Å²) in [5, 5.41) is 25.4. The maximum Gasteiger partial charge on any atom is 0.409 e. The summed E-state index contributed by atoms with van der Waals surface area (Å²) in [6.45, 7) is 23.9. The standard InChI is InChI=1S/C104H118N12O20/c1-101(2,3)133-97(121)109-61-129-57-53-125-49-45-105-93(117)69-37-29-65(30-38-69)81-85-73-21-13-15-23-75(73)87(113-85)82(66-31-39-70(40-32-66)94(118)106-46-50-126-54-58-130-62-110-98(122)134-102(4,5)6)89-77-25-17-19-27-79(77)91(115-89)84(68-35-43-72(44-36-68)96(120)108-48-52-128-56-60-132-64-112-100(124)136-104(10,11)12)92-80-28-20-18-26-78(80)90(116-92)83(88-76-24-16-14-22-74(76)86(81)114-88)67-33-41-71(42-34-67)95(119)107-47-51-127-55-59-131-63-111-99(123)135-103(7,8)9/h13-44,113,116H,45-64H2,1-12H3,(H,105,117)(H,106,118)(H,107,119)(H,108,120)(H,109,121)(H,110,122)(H,111,123)(H,112,124). The fraction of sp³-hybridized carbons (Fsp3) is 0.346. The number of aromatic nitrogens is 4. The van der Waals surface area contributed by atoms with Crippen LogP contribution in [-0.2, 0) is 56.8 Å². The molecular weight excluding hydrogens is 1740 g/mol. The van der Waals surface area contributed by atoms with Crippen molar-refractivity contribution in [3.8, 4) is 89.5 Å². The van der Waals surface area contributed by atoms with Gasteiger partial charge in [0.1, 0.15) is 49.3 Å². The van der Waals surface area contributed by atoms with Crippen LogP contribution < -0.4 is 42.5 Å². The van der Waals surface area contributed by atoms with Gasteiger partial charge in [-0.1, -0.05) is 146 Å². The molecule has 8 amide bonds. The van der Waals surface area contributed by atoms with E-state index >= 15 is 0 Å². The summed E-state index contributed by atoms with van der Waals surface area (Å²) in [6, 6.07) is 61.9. The number of alkyl carbamates (subject to hydrolysis) is 4. The van der Waals surface area contributed by atoms with Crippen molar-refractivity contribution in [2.45, 2.75) is 105 Å². The van der Waals surface area contributed by atoms with Crippen molar-refractivity contribution in [1.82, 2.24) is 62.5 Å². The number of carbonyl (C=O) groups is 8. The van der Waals surface area contributed by atoms with E-state index < -0.39 is 46.8 Å². The highest BCUT2D eigenvalue weighted by Crippen LogP contribution is 2.52. The van der Waals surface area contributed by atoms with E-state index in [2.05, 4.69) is 101 Å². The van der Waals surface area contributed by atoms with Gasteiger partial charge in [0, 0.05) is 114 Å². The van der Waals surface area contributed by atoms with Gasteiger partial charge in [0.05, 0.1) is 124 Å². The fourth-order valence-electron chi connectivity index (χ4n) is 15.1. The average Bonchev–Trinajstić information content (AvgIpc) is 1.56. The van der Waals surface area contributed by atoms with Gasteiger partial charge in [0.15, 0.2) is 0 Å². The van der Waals surface area contributed by atoms with Gasteiger partial charge in [-0.05, 0) is 154 Å². The zero-order chi connectivity index (χ0) is 96.5. The molecule has 2 aromatic heterocycles. The van der Waals surface area contributed by atoms with Gasteiger partial charge in [-0.3, -0.25) is 40.4 Å². The van der Waals surface area contributed by atoms with Gasteiger partial charge < -0.3 is 88.1 Å². The molecule has 8 bridgehead atoms. The van der Waals surface area contributed by atoms with Crippen molar-refractivity contribution in [2.75, 3.05) is 132 Å². The van der Waals surface area contributed by atoms with E-state index in [0.717, 1.165) is 43.8 Å². The van der Waals surface area contributed by atoms with Crippen LogP contribution in [0, 0.1) is 0 Å². The lowest BCUT2D eigenvalue weighted by atomic mass is 9.93. The third-order valence-corrected chi connectivity index (χ3v) is 20.9. The van der Waals surface area contributed by atoms with Crippen molar-refractivity contribution < 1.29 is 95.2 Å². The average molecular weight is 1860 g/mol. The second-order valence-corrected chi connectivity index (χ2v) is 35.8. The number of rotatable bonds is 40. The highest BCUT2D eigenvalue weighted by atomic mass is 16.6. The SMILES string of the molecule is CC(C)(C)OC(=O)NCOCCOCCNC(=O)c1ccc(-c2c3nc(c(-c4ccc(C(=O)NCCOCCOCNC(=O)OC(C)(C)C)cc4)c4[nH]c(c(-c5ccc(C(=O)NCCOCCOCNC(=O)OC(C)(C)C)cc5)c5nc(c(-c6ccc(C(=O)NCCOCCOCNC(=O)OC(C)(C)C)cc6)c6[nH]c2c2ccccc62)-c2ccccc2-5)c2ccccc42)-c2ccccc2-3)cc1. The molecule has 714 valence electrons. The van der Waals surface area contributed by atoms with Crippen LogP contribution in [0.25, 0.3) is 133 Å². The summed E-state index contributed by atoms with van der Waals surface area (Å²) < 4.78 is 66.4. The van der Waals surface area contributed by atoms with E-state index in [1.807, 2.05) is 97.1 Å². The maximum absolute atomic E-state index is 14.3. The number of benzene rings is 8. The second-order valence-electron chi connectivity index (χ2n) is 35.8. The molecule has 3 aliphatic rings. The van der Waals surface area contributed by atoms with E-state index in [0.29, 0.717) is 112 Å². The second kappa shape index (κ2) is 46.3. The molecule has 0 fully saturated rings. The zero-order valence-electron chi connectivity index (χ0n) is 78.7. The van der Waals surface area contributed by atoms with Crippen LogP contribution >= 0.6 is 0 Å². The molecule has 136 heavy (non-hydrogen) atoms. The predicted octanol–water partition coefficient (Wildman–Crippen LogP) is 16.9. The minimum absolute atomic E-state index is 0.0713. The molecule has 13 rings (SSSR count). The van der Waals surface area contributed by atoms with Gasteiger partial charge in [0.25, 0.3) is 23.6 Å². The molecule has 1 aliphatic carbocycles. The molecule has 10 N–H and O–H groups in total. The molecule has 2 aliphatic heterocycles. The molecule has 0 saturated carbocycles. The van der Waals surface area contributed by atoms with Gasteiger partial charge in [-0.25, -0.2) is 29.1 Å². The summed E-state index contributed by atoms with van der Waals surface area (Å²) >= 11 is 0. The van der Waals surface area contributed by atoms with Gasteiger partial charge >= 0.3 is 24.4 Å². The molecule has 0 radical (unpaired) electrons. The van der Waals surface area contributed by atoms with Crippen LogP contribution in [0.2, 0.25) is 0 Å². The first-order chi connectivity index (χ1) is 65.3. The quantitative estimate of drug-likeness (QED) is 0.00968. The summed E-state index contributed by atoms with van der Waals surface area (Å²) in [7, 11) is 0. The molecular formula is C104H118N12O20. The van der Waals surface area contributed by atoms with E-state index in [4.69, 9.17) is 66.8 Å². The third-order valence-electron chi connectivity index (χ3n) is 20.9. The first-order valence-corrected chi connectivity index (χ1v) is 45.2. The van der Waals surface area contributed by atoms with Crippen LogP contribution in [0.3, 0.4) is 0 Å². The van der Waals surface area contributed by atoms with Crippen molar-refractivity contribution in [1.29, 1.82) is 0 Å². The fourth-order valence-corrected chi connectivity index (χ4v) is 15.1. The van der Waals surface area contributed by atoms with E-state index in [-0.39, 0.29) is 156 Å². The molecule has 4 heterocycles. The monoisotopic (exact) mass is 1850 g/mol. The molecule has 0 spiro atoms. The molecule has 8 aromatic carbocycles. The Kier molecular flexibility index (Phi) is 33.9. The van der Waals surface area contributed by atoms with Gasteiger partial charge in [-0.15, -0.1) is 0 Å². The van der Waals surface area contributed by atoms with E-state index in [9.17, 15) is 38.4 Å². The number of H-pyrrole nitrogens is 2. The Morgan fingerprint density at radius 2 is 0.434 bits per heavy atom. The zero-order valence-corrected chi connectivity index (χ0v) is 78.7. The van der Waals surface area contributed by atoms with Crippen LogP contribution in [0.5, 0.6) is 0 Å². The smallest absolute Gasteiger partial charge is 0.409 e. The van der Waals surface area contributed by atoms with Gasteiger partial charge in [0.2, 0.25) is 0 Å². The first kappa shape index (κ1) is 99.5. The summed E-state index contributed by atoms with van der Waals surface area (Å²) in [5.41, 5.74) is 12.4. The Labute approximate surface area is 789 Å². The number of nitrogens with zero attached hydrogens (tertiary/aromatic N) is 2. The number of nitrogens with one attached hydrogen (secondary N) is 10. The number of aromatic amines is 2. The Balaban J connectivity index is 0.937. The molecule has 32 nitrogen and oxygen atoms in total. The predicted molar refractivity (Wildman–Crippen MR) is 520 cm³/mol. The van der Waals surface area contributed by atoms with Crippen molar-refractivity contribution in [3.05, 3.63) is 216 Å². The Morgan fingerprint density at radius 3 is 0.632 bits per heavy atom. The minimum Gasteiger partial charge on any atom is -0.444 e. The van der Waals surface area contributed by atoms with Crippen LogP contribution in [-0.4, -0.2) is 223 Å². The van der Waals surface area contributed by atoms with E-state index in [1.54, 1.807) is 132 Å². The minimum atomic E-state index is -0.663. The first-order valence-electron chi connectivity index (χ1n) is 45.2. The van der Waals surface area contributed by atoms with Crippen molar-refractivity contribution in [2.24, 2.45) is 0 Å². The summed E-state index contributed by atoms with van der Waals surface area (Å²) in [4.78, 5) is 126. The van der Waals surface area contributed by atoms with Crippen LogP contribution in [0.1, 0.15) is 125 Å². The molecule has 0 atom stereocenters. The Morgan fingerprint density at radius 1 is 0.243 bits per heavy atom. The Hall–Kier alpha value is -14.0. The normalized spacial score (nSPS) is 11.9. The van der Waals surface area contributed by atoms with Crippen LogP contribution in [0.15, 0.2) is 194 Å². The largest absolute Gasteiger partial charge is 0.444 e. The van der Waals surface area contributed by atoms with Crippen molar-refractivity contribution in [3.63, 3.8) is 0 Å². The lowest BCUT2D eigenvalue weighted by Crippen LogP contribution is -2.34.